The van der Waals surface area contributed by atoms with E-state index in [9.17, 15) is 17.2 Å². The van der Waals surface area contributed by atoms with Crippen molar-refractivity contribution in [1.29, 1.82) is 0 Å². The average molecular weight is 400 g/mol. The molecular formula is C9H11BrCl2F2N2O2S. The Hall–Kier alpha value is 0.01000. The van der Waals surface area contributed by atoms with E-state index < -0.39 is 29.0 Å². The normalized spacial score (nSPS) is 12.1. The van der Waals surface area contributed by atoms with E-state index in [-0.39, 0.29) is 21.8 Å². The standard InChI is InChI=1S/C9H10BrClF2N2O2S.ClH/c10-7-3-6(11)1-2-8(7)18(16,17)15-5-9(12,13)4-14;/h1-3,15H,4-5,14H2;1H. The molecule has 4 nitrogen and oxygen atoms in total. The molecule has 0 aliphatic rings. The lowest BCUT2D eigenvalue weighted by Gasteiger charge is -2.15. The summed E-state index contributed by atoms with van der Waals surface area (Å²) in [5.41, 5.74) is 4.81. The number of nitrogens with two attached hydrogens (primary N) is 1. The zero-order valence-corrected chi connectivity index (χ0v) is 13.3. The molecule has 0 bridgehead atoms. The predicted molar refractivity (Wildman–Crippen MR) is 75.6 cm³/mol. The minimum atomic E-state index is -4.04. The quantitative estimate of drug-likeness (QED) is 0.798. The van der Waals surface area contributed by atoms with Crippen LogP contribution in [0.4, 0.5) is 8.78 Å². The SMILES string of the molecule is Cl.NCC(F)(F)CNS(=O)(=O)c1ccc(Cl)cc1Br. The lowest BCUT2D eigenvalue weighted by atomic mass is 10.3. The van der Waals surface area contributed by atoms with Gasteiger partial charge >= 0.3 is 0 Å². The zero-order valence-electron chi connectivity index (χ0n) is 9.37. The van der Waals surface area contributed by atoms with E-state index >= 15 is 0 Å². The van der Waals surface area contributed by atoms with Crippen LogP contribution >= 0.6 is 39.9 Å². The van der Waals surface area contributed by atoms with E-state index in [1.165, 1.54) is 18.2 Å². The van der Waals surface area contributed by atoms with Gasteiger partial charge in [-0.2, -0.15) is 0 Å². The van der Waals surface area contributed by atoms with E-state index in [1.807, 2.05) is 0 Å². The van der Waals surface area contributed by atoms with Gasteiger partial charge in [-0.1, -0.05) is 11.6 Å². The lowest BCUT2D eigenvalue weighted by Crippen LogP contribution is -2.41. The van der Waals surface area contributed by atoms with Crippen LogP contribution in [-0.2, 0) is 10.0 Å². The second kappa shape index (κ2) is 7.14. The fourth-order valence-electron chi connectivity index (χ4n) is 1.04. The molecule has 1 aromatic carbocycles. The third-order valence-corrected chi connectivity index (χ3v) is 4.62. The van der Waals surface area contributed by atoms with E-state index in [0.29, 0.717) is 5.02 Å². The number of benzene rings is 1. The largest absolute Gasteiger partial charge is 0.325 e. The number of nitrogens with one attached hydrogen (secondary N) is 1. The Kier molecular flexibility index (Phi) is 7.15. The number of sulfonamides is 1. The topological polar surface area (TPSA) is 72.2 Å². The molecule has 0 saturated heterocycles. The van der Waals surface area contributed by atoms with Crippen LogP contribution in [0.15, 0.2) is 27.6 Å². The number of halogens is 5. The van der Waals surface area contributed by atoms with Crippen molar-refractivity contribution >= 4 is 50.0 Å². The van der Waals surface area contributed by atoms with Crippen molar-refractivity contribution in [2.45, 2.75) is 10.8 Å². The lowest BCUT2D eigenvalue weighted by molar-refractivity contribution is 0.0170. The molecule has 10 heteroatoms. The summed E-state index contributed by atoms with van der Waals surface area (Å²) in [5.74, 6) is -3.29. The van der Waals surface area contributed by atoms with Crippen LogP contribution < -0.4 is 10.5 Å². The Morgan fingerprint density at radius 2 is 2.00 bits per heavy atom. The molecule has 0 spiro atoms. The van der Waals surface area contributed by atoms with Gasteiger partial charge in [0.05, 0.1) is 18.0 Å². The first-order valence-corrected chi connectivity index (χ1v) is 7.36. The van der Waals surface area contributed by atoms with Crippen LogP contribution in [-0.4, -0.2) is 27.4 Å². The molecule has 110 valence electrons. The molecule has 0 radical (unpaired) electrons. The van der Waals surface area contributed by atoms with Crippen LogP contribution in [0.25, 0.3) is 0 Å². The summed E-state index contributed by atoms with van der Waals surface area (Å²) < 4.78 is 51.3. The highest BCUT2D eigenvalue weighted by molar-refractivity contribution is 9.10. The monoisotopic (exact) mass is 398 g/mol. The first-order chi connectivity index (χ1) is 8.18. The van der Waals surface area contributed by atoms with Crippen LogP contribution in [0.5, 0.6) is 0 Å². The summed E-state index contributed by atoms with van der Waals surface area (Å²) >= 11 is 8.66. The Morgan fingerprint density at radius 1 is 1.42 bits per heavy atom. The smallest absolute Gasteiger partial charge is 0.273 e. The Bertz CT molecular complexity index is 543. The molecule has 0 aromatic heterocycles. The van der Waals surface area contributed by atoms with Gasteiger partial charge in [0.2, 0.25) is 10.0 Å². The molecule has 1 aromatic rings. The summed E-state index contributed by atoms with van der Waals surface area (Å²) in [4.78, 5) is -0.167. The average Bonchev–Trinajstić information content (AvgIpc) is 2.26. The molecule has 0 unspecified atom stereocenters. The summed E-state index contributed by atoms with van der Waals surface area (Å²) in [7, 11) is -4.04. The first kappa shape index (κ1) is 19.0. The molecular weight excluding hydrogens is 389 g/mol. The van der Waals surface area contributed by atoms with Gasteiger partial charge in [0, 0.05) is 9.50 Å². The molecule has 0 saturated carbocycles. The van der Waals surface area contributed by atoms with Crippen molar-refractivity contribution < 1.29 is 17.2 Å². The minimum Gasteiger partial charge on any atom is -0.325 e. The Morgan fingerprint density at radius 3 is 2.47 bits per heavy atom. The molecule has 0 atom stereocenters. The van der Waals surface area contributed by atoms with E-state index in [4.69, 9.17) is 17.3 Å². The van der Waals surface area contributed by atoms with Gasteiger partial charge in [0.1, 0.15) is 0 Å². The molecule has 0 amide bonds. The van der Waals surface area contributed by atoms with Gasteiger partial charge in [-0.25, -0.2) is 21.9 Å². The molecule has 1 rings (SSSR count). The van der Waals surface area contributed by atoms with Crippen molar-refractivity contribution in [1.82, 2.24) is 4.72 Å². The van der Waals surface area contributed by atoms with Crippen molar-refractivity contribution in [2.24, 2.45) is 5.73 Å². The predicted octanol–water partition coefficient (Wildman–Crippen LogP) is 2.40. The molecule has 3 N–H and O–H groups in total. The summed E-state index contributed by atoms with van der Waals surface area (Å²) in [6.45, 7) is -1.99. The van der Waals surface area contributed by atoms with Crippen molar-refractivity contribution in [3.63, 3.8) is 0 Å². The number of alkyl halides is 2. The number of hydrogen-bond acceptors (Lipinski definition) is 3. The highest BCUT2D eigenvalue weighted by atomic mass is 79.9. The minimum absolute atomic E-state index is 0. The maximum atomic E-state index is 12.9. The molecule has 0 heterocycles. The Balaban J connectivity index is 0.00000324. The van der Waals surface area contributed by atoms with Crippen LogP contribution in [0.2, 0.25) is 5.02 Å². The third-order valence-electron chi connectivity index (χ3n) is 2.00. The van der Waals surface area contributed by atoms with Gasteiger partial charge in [-0.05, 0) is 34.1 Å². The van der Waals surface area contributed by atoms with Gasteiger partial charge in [0.25, 0.3) is 5.92 Å². The maximum absolute atomic E-state index is 12.9. The van der Waals surface area contributed by atoms with Gasteiger partial charge in [-0.3, -0.25) is 0 Å². The van der Waals surface area contributed by atoms with Crippen molar-refractivity contribution in [3.05, 3.63) is 27.7 Å². The highest BCUT2D eigenvalue weighted by Crippen LogP contribution is 2.25. The number of rotatable bonds is 5. The summed E-state index contributed by atoms with van der Waals surface area (Å²) in [6.07, 6.45) is 0. The van der Waals surface area contributed by atoms with Crippen LogP contribution in [0.3, 0.4) is 0 Å². The second-order valence-electron chi connectivity index (χ2n) is 3.46. The van der Waals surface area contributed by atoms with Crippen molar-refractivity contribution in [2.75, 3.05) is 13.1 Å². The summed E-state index contributed by atoms with van der Waals surface area (Å²) in [5, 5.41) is 0.327. The van der Waals surface area contributed by atoms with E-state index in [1.54, 1.807) is 4.72 Å². The fraction of sp³-hybridized carbons (Fsp3) is 0.333. The van der Waals surface area contributed by atoms with Gasteiger partial charge < -0.3 is 5.73 Å². The zero-order chi connectivity index (χ0) is 14.0. The van der Waals surface area contributed by atoms with Crippen LogP contribution in [0, 0.1) is 0 Å². The molecule has 19 heavy (non-hydrogen) atoms. The number of hydrogen-bond donors (Lipinski definition) is 2. The second-order valence-corrected chi connectivity index (χ2v) is 6.49. The van der Waals surface area contributed by atoms with E-state index in [0.717, 1.165) is 0 Å². The van der Waals surface area contributed by atoms with Gasteiger partial charge in [-0.15, -0.1) is 12.4 Å². The molecule has 0 fully saturated rings. The van der Waals surface area contributed by atoms with Gasteiger partial charge in [0.15, 0.2) is 0 Å². The molecule has 0 aliphatic carbocycles. The van der Waals surface area contributed by atoms with Crippen LogP contribution in [0.1, 0.15) is 0 Å². The van der Waals surface area contributed by atoms with Crippen molar-refractivity contribution in [3.8, 4) is 0 Å². The third kappa shape index (κ3) is 5.49. The molecule has 0 aliphatic heterocycles. The van der Waals surface area contributed by atoms with E-state index in [2.05, 4.69) is 15.9 Å². The first-order valence-electron chi connectivity index (χ1n) is 4.70. The highest BCUT2D eigenvalue weighted by Gasteiger charge is 2.29. The maximum Gasteiger partial charge on any atom is 0.273 e. The Labute approximate surface area is 129 Å². The summed E-state index contributed by atoms with van der Waals surface area (Å²) in [6, 6.07) is 3.93. The fourth-order valence-corrected chi connectivity index (χ4v) is 3.49.